The van der Waals surface area contributed by atoms with E-state index in [1.165, 1.54) is 17.0 Å². The molecule has 2 aliphatic heterocycles. The number of hydrogen-bond acceptors (Lipinski definition) is 5. The number of rotatable bonds is 8. The molecule has 0 aliphatic carbocycles. The van der Waals surface area contributed by atoms with Crippen LogP contribution in [0.25, 0.3) is 0 Å². The second-order valence-corrected chi connectivity index (χ2v) is 10.4. The lowest BCUT2D eigenvalue weighted by atomic mass is 9.96. The largest absolute Gasteiger partial charge is 0.495 e. The van der Waals surface area contributed by atoms with Gasteiger partial charge in [-0.2, -0.15) is 0 Å². The number of halogens is 1. The van der Waals surface area contributed by atoms with Crippen molar-refractivity contribution in [1.82, 2.24) is 19.8 Å². The molecule has 0 unspecified atom stereocenters. The molecule has 1 N–H and O–H groups in total. The minimum atomic E-state index is -0.100. The number of thiocarbonyl (C=S) groups is 1. The molecule has 0 bridgehead atoms. The quantitative estimate of drug-likeness (QED) is 0.401. The number of nitrogens with one attached hydrogen (secondary N) is 1. The van der Waals surface area contributed by atoms with Crippen molar-refractivity contribution in [1.29, 1.82) is 0 Å². The number of benzene rings is 1. The number of ether oxygens (including phenoxy) is 2. The lowest BCUT2D eigenvalue weighted by Crippen LogP contribution is -2.37. The van der Waals surface area contributed by atoms with E-state index >= 15 is 0 Å². The Balaban J connectivity index is 1.48. The number of anilines is 1. The van der Waals surface area contributed by atoms with Crippen molar-refractivity contribution in [3.8, 4) is 5.75 Å². The van der Waals surface area contributed by atoms with E-state index in [1.54, 1.807) is 7.11 Å². The fraction of sp³-hybridized carbons (Fsp3) is 0.429. The zero-order chi connectivity index (χ0) is 25.9. The van der Waals surface area contributed by atoms with Crippen LogP contribution < -0.4 is 15.0 Å². The van der Waals surface area contributed by atoms with Gasteiger partial charge in [0, 0.05) is 49.5 Å². The highest BCUT2D eigenvalue weighted by Gasteiger charge is 2.42. The second kappa shape index (κ2) is 11.4. The Morgan fingerprint density at radius 3 is 2.65 bits per heavy atom. The van der Waals surface area contributed by atoms with Crippen LogP contribution in [0.3, 0.4) is 0 Å². The molecule has 2 fully saturated rings. The Morgan fingerprint density at radius 2 is 1.95 bits per heavy atom. The van der Waals surface area contributed by atoms with E-state index in [0.717, 1.165) is 57.2 Å². The third-order valence-corrected chi connectivity index (χ3v) is 8.01. The number of nitrogens with zero attached hydrogens (tertiary/aromatic N) is 4. The molecule has 2 aliphatic rings. The van der Waals surface area contributed by atoms with Crippen molar-refractivity contribution >= 4 is 34.6 Å². The average Bonchev–Trinajstić information content (AvgIpc) is 3.40. The fourth-order valence-electron chi connectivity index (χ4n) is 5.50. The van der Waals surface area contributed by atoms with Crippen LogP contribution in [0.2, 0.25) is 5.02 Å². The van der Waals surface area contributed by atoms with Crippen molar-refractivity contribution in [3.63, 3.8) is 0 Å². The fourth-order valence-corrected chi connectivity index (χ4v) is 6.10. The maximum absolute atomic E-state index is 6.54. The standard InChI is InChI=1S/C28H34ClN5O2S/c1-19-17-22(20(2)33(19)12-6-11-32-13-15-36-16-14-32)27-26(24-7-4-5-10-30-24)31-28(37)34(27)21-8-9-25(35-3)23(29)18-21/h4-5,7-10,17-18,26-27H,6,11-16H2,1-3H3,(H,31,37)/t26-,27+/m0/s1. The molecule has 1 aromatic carbocycles. The lowest BCUT2D eigenvalue weighted by Gasteiger charge is -2.29. The first-order valence-corrected chi connectivity index (χ1v) is 13.6. The topological polar surface area (TPSA) is 54.8 Å². The van der Waals surface area contributed by atoms with Crippen LogP contribution in [0, 0.1) is 13.8 Å². The zero-order valence-corrected chi connectivity index (χ0v) is 23.2. The van der Waals surface area contributed by atoms with E-state index in [1.807, 2.05) is 36.5 Å². The van der Waals surface area contributed by atoms with Crippen molar-refractivity contribution < 1.29 is 9.47 Å². The van der Waals surface area contributed by atoms with Crippen LogP contribution in [0.4, 0.5) is 5.69 Å². The van der Waals surface area contributed by atoms with E-state index < -0.39 is 0 Å². The van der Waals surface area contributed by atoms with Crippen LogP contribution in [0.5, 0.6) is 5.75 Å². The van der Waals surface area contributed by atoms with Crippen LogP contribution in [0.15, 0.2) is 48.7 Å². The molecular weight excluding hydrogens is 506 g/mol. The number of aromatic nitrogens is 2. The molecule has 2 aromatic heterocycles. The van der Waals surface area contributed by atoms with Gasteiger partial charge in [-0.05, 0) is 74.4 Å². The average molecular weight is 540 g/mol. The number of methoxy groups -OCH3 is 1. The minimum absolute atomic E-state index is 0.0777. The van der Waals surface area contributed by atoms with Crippen LogP contribution >= 0.6 is 23.8 Å². The van der Waals surface area contributed by atoms with Gasteiger partial charge in [0.25, 0.3) is 0 Å². The van der Waals surface area contributed by atoms with E-state index in [0.29, 0.717) is 15.9 Å². The molecule has 0 amide bonds. The van der Waals surface area contributed by atoms with E-state index in [2.05, 4.69) is 50.6 Å². The second-order valence-electron chi connectivity index (χ2n) is 9.60. The van der Waals surface area contributed by atoms with Gasteiger partial charge in [-0.1, -0.05) is 17.7 Å². The molecule has 196 valence electrons. The molecular formula is C28H34ClN5O2S. The van der Waals surface area contributed by atoms with E-state index in [9.17, 15) is 0 Å². The first-order valence-electron chi connectivity index (χ1n) is 12.8. The molecule has 4 heterocycles. The minimum Gasteiger partial charge on any atom is -0.495 e. The summed E-state index contributed by atoms with van der Waals surface area (Å²) in [5.74, 6) is 0.639. The van der Waals surface area contributed by atoms with Gasteiger partial charge in [-0.3, -0.25) is 9.88 Å². The van der Waals surface area contributed by atoms with Gasteiger partial charge in [0.2, 0.25) is 0 Å². The van der Waals surface area contributed by atoms with Crippen molar-refractivity contribution in [2.45, 2.75) is 38.9 Å². The summed E-state index contributed by atoms with van der Waals surface area (Å²) in [4.78, 5) is 9.34. The molecule has 0 radical (unpaired) electrons. The number of morpholine rings is 1. The number of aryl methyl sites for hydroxylation is 1. The van der Waals surface area contributed by atoms with Gasteiger partial charge >= 0.3 is 0 Å². The Morgan fingerprint density at radius 1 is 1.14 bits per heavy atom. The number of hydrogen-bond donors (Lipinski definition) is 1. The Labute approximate surface area is 229 Å². The molecule has 37 heavy (non-hydrogen) atoms. The molecule has 9 heteroatoms. The van der Waals surface area contributed by atoms with Crippen molar-refractivity contribution in [3.05, 3.63) is 76.3 Å². The Bertz CT molecular complexity index is 1240. The monoisotopic (exact) mass is 539 g/mol. The lowest BCUT2D eigenvalue weighted by molar-refractivity contribution is 0.0369. The molecule has 2 atom stereocenters. The third-order valence-electron chi connectivity index (χ3n) is 7.40. The molecule has 3 aromatic rings. The third kappa shape index (κ3) is 5.34. The molecule has 0 saturated carbocycles. The summed E-state index contributed by atoms with van der Waals surface area (Å²) in [6.07, 6.45) is 2.93. The summed E-state index contributed by atoms with van der Waals surface area (Å²) < 4.78 is 13.3. The smallest absolute Gasteiger partial charge is 0.174 e. The SMILES string of the molecule is COc1ccc(N2C(=S)N[C@@H](c3ccccn3)[C@H]2c2cc(C)n(CCCN3CCOCC3)c2C)cc1Cl. The van der Waals surface area contributed by atoms with E-state index in [4.69, 9.17) is 33.3 Å². The van der Waals surface area contributed by atoms with Crippen LogP contribution in [-0.2, 0) is 11.3 Å². The Kier molecular flexibility index (Phi) is 8.00. The predicted octanol–water partition coefficient (Wildman–Crippen LogP) is 5.06. The van der Waals surface area contributed by atoms with Gasteiger partial charge in [0.1, 0.15) is 5.75 Å². The van der Waals surface area contributed by atoms with Gasteiger partial charge in [-0.25, -0.2) is 0 Å². The highest BCUT2D eigenvalue weighted by molar-refractivity contribution is 7.80. The molecule has 0 spiro atoms. The predicted molar refractivity (Wildman–Crippen MR) is 152 cm³/mol. The first-order chi connectivity index (χ1) is 18.0. The molecule has 5 rings (SSSR count). The van der Waals surface area contributed by atoms with Crippen LogP contribution in [-0.4, -0.2) is 59.5 Å². The van der Waals surface area contributed by atoms with Crippen molar-refractivity contribution in [2.24, 2.45) is 0 Å². The first kappa shape index (κ1) is 26.0. The molecule has 2 saturated heterocycles. The van der Waals surface area contributed by atoms with E-state index in [-0.39, 0.29) is 12.1 Å². The van der Waals surface area contributed by atoms with Gasteiger partial charge in [0.15, 0.2) is 5.11 Å². The summed E-state index contributed by atoms with van der Waals surface area (Å²) >= 11 is 12.4. The van der Waals surface area contributed by atoms with Gasteiger partial charge in [0.05, 0.1) is 43.1 Å². The summed E-state index contributed by atoms with van der Waals surface area (Å²) in [6.45, 7) is 10.2. The highest BCUT2D eigenvalue weighted by Crippen LogP contribution is 2.44. The summed E-state index contributed by atoms with van der Waals surface area (Å²) in [5, 5.41) is 4.75. The highest BCUT2D eigenvalue weighted by atomic mass is 35.5. The maximum atomic E-state index is 6.54. The Hall–Kier alpha value is -2.65. The number of pyridine rings is 1. The van der Waals surface area contributed by atoms with Crippen LogP contribution in [0.1, 0.15) is 41.1 Å². The molecule has 7 nitrogen and oxygen atoms in total. The van der Waals surface area contributed by atoms with Crippen molar-refractivity contribution in [2.75, 3.05) is 44.9 Å². The summed E-state index contributed by atoms with van der Waals surface area (Å²) in [5.41, 5.74) is 5.61. The summed E-state index contributed by atoms with van der Waals surface area (Å²) in [7, 11) is 1.62. The zero-order valence-electron chi connectivity index (χ0n) is 21.6. The normalized spacial score (nSPS) is 20.3. The maximum Gasteiger partial charge on any atom is 0.174 e. The van der Waals surface area contributed by atoms with Gasteiger partial charge < -0.3 is 24.3 Å². The van der Waals surface area contributed by atoms with Gasteiger partial charge in [-0.15, -0.1) is 0 Å². The summed E-state index contributed by atoms with van der Waals surface area (Å²) in [6, 6.07) is 14.0.